The molecular formula is C25H33NO3. The molecular weight excluding hydrogens is 362 g/mol. The van der Waals surface area contributed by atoms with Crippen molar-refractivity contribution >= 4 is 11.7 Å². The lowest BCUT2D eigenvalue weighted by Gasteiger charge is -2.35. The van der Waals surface area contributed by atoms with Crippen LogP contribution in [0.5, 0.6) is 5.75 Å². The Morgan fingerprint density at radius 1 is 1.14 bits per heavy atom. The first-order chi connectivity index (χ1) is 13.9. The maximum absolute atomic E-state index is 12.8. The Morgan fingerprint density at radius 3 is 2.34 bits per heavy atom. The van der Waals surface area contributed by atoms with Gasteiger partial charge in [0.1, 0.15) is 5.75 Å². The number of hydrogen-bond acceptors (Lipinski definition) is 4. The number of carbonyl (C=O) groups excluding carboxylic acids is 1. The molecule has 0 bridgehead atoms. The zero-order valence-electron chi connectivity index (χ0n) is 18.0. The van der Waals surface area contributed by atoms with E-state index in [0.717, 1.165) is 29.8 Å². The summed E-state index contributed by atoms with van der Waals surface area (Å²) in [4.78, 5) is 12.8. The van der Waals surface area contributed by atoms with Crippen molar-refractivity contribution in [2.45, 2.75) is 45.6 Å². The molecule has 0 aliphatic heterocycles. The lowest BCUT2D eigenvalue weighted by Crippen LogP contribution is -2.36. The minimum absolute atomic E-state index is 0.00144. The van der Waals surface area contributed by atoms with Crippen LogP contribution in [0.4, 0.5) is 5.69 Å². The minimum atomic E-state index is -0.654. The molecule has 4 nitrogen and oxygen atoms in total. The van der Waals surface area contributed by atoms with Crippen LogP contribution in [0.25, 0.3) is 0 Å². The predicted molar refractivity (Wildman–Crippen MR) is 119 cm³/mol. The molecule has 0 spiro atoms. The second-order valence-corrected chi connectivity index (χ2v) is 7.74. The van der Waals surface area contributed by atoms with E-state index in [1.807, 2.05) is 69.3 Å². The Hall–Kier alpha value is -2.75. The Kier molecular flexibility index (Phi) is 8.32. The van der Waals surface area contributed by atoms with Gasteiger partial charge < -0.3 is 14.8 Å². The molecule has 0 unspecified atom stereocenters. The van der Waals surface area contributed by atoms with E-state index in [4.69, 9.17) is 9.47 Å². The number of carbonyl (C=O) groups is 1. The predicted octanol–water partition coefficient (Wildman–Crippen LogP) is 5.82. The average molecular weight is 396 g/mol. The van der Waals surface area contributed by atoms with E-state index in [-0.39, 0.29) is 17.9 Å². The first kappa shape index (κ1) is 22.5. The Balaban J connectivity index is 2.29. The highest BCUT2D eigenvalue weighted by molar-refractivity contribution is 5.77. The third-order valence-electron chi connectivity index (χ3n) is 5.31. The molecule has 2 aromatic rings. The van der Waals surface area contributed by atoms with Crippen molar-refractivity contribution in [3.05, 3.63) is 72.8 Å². The van der Waals surface area contributed by atoms with Gasteiger partial charge in [-0.05, 0) is 63.4 Å². The van der Waals surface area contributed by atoms with Gasteiger partial charge in [-0.25, -0.2) is 0 Å². The van der Waals surface area contributed by atoms with Gasteiger partial charge in [0.15, 0.2) is 0 Å². The van der Waals surface area contributed by atoms with Gasteiger partial charge in [0, 0.05) is 17.6 Å². The van der Waals surface area contributed by atoms with Crippen LogP contribution in [0.3, 0.4) is 0 Å². The van der Waals surface area contributed by atoms with Crippen LogP contribution in [-0.2, 0) is 9.53 Å². The average Bonchev–Trinajstić information content (AvgIpc) is 2.73. The van der Waals surface area contributed by atoms with Crippen LogP contribution in [0.2, 0.25) is 0 Å². The molecule has 156 valence electrons. The maximum Gasteiger partial charge on any atom is 0.312 e. The molecule has 0 heterocycles. The summed E-state index contributed by atoms with van der Waals surface area (Å²) in [5.74, 6) is 0.649. The summed E-state index contributed by atoms with van der Waals surface area (Å²) in [6.07, 6.45) is 3.47. The molecule has 0 fully saturated rings. The number of esters is 1. The third kappa shape index (κ3) is 6.11. The molecule has 0 amide bonds. The van der Waals surface area contributed by atoms with Gasteiger partial charge in [-0.2, -0.15) is 0 Å². The van der Waals surface area contributed by atoms with E-state index in [1.165, 1.54) is 0 Å². The van der Waals surface area contributed by atoms with Crippen molar-refractivity contribution in [3.63, 3.8) is 0 Å². The number of anilines is 1. The van der Waals surface area contributed by atoms with Crippen molar-refractivity contribution in [3.8, 4) is 5.75 Å². The zero-order chi connectivity index (χ0) is 21.3. The maximum atomic E-state index is 12.8. The second-order valence-electron chi connectivity index (χ2n) is 7.74. The number of benzene rings is 2. The lowest BCUT2D eigenvalue weighted by atomic mass is 9.71. The largest absolute Gasteiger partial charge is 0.497 e. The fourth-order valence-electron chi connectivity index (χ4n) is 3.61. The SMILES string of the molecule is C=CC[C@@H](C[C@@H](c1ccccc1)C(C)(C)C(=O)OCC)Nc1ccc(OC)cc1. The molecule has 0 saturated heterocycles. The van der Waals surface area contributed by atoms with Crippen molar-refractivity contribution < 1.29 is 14.3 Å². The van der Waals surface area contributed by atoms with Crippen molar-refractivity contribution in [2.75, 3.05) is 19.0 Å². The van der Waals surface area contributed by atoms with Gasteiger partial charge in [-0.15, -0.1) is 6.58 Å². The molecule has 0 aliphatic rings. The molecule has 2 atom stereocenters. The minimum Gasteiger partial charge on any atom is -0.497 e. The first-order valence-corrected chi connectivity index (χ1v) is 10.2. The van der Waals surface area contributed by atoms with E-state index < -0.39 is 5.41 Å². The summed E-state index contributed by atoms with van der Waals surface area (Å²) in [5.41, 5.74) is 1.49. The number of methoxy groups -OCH3 is 1. The normalized spacial score (nSPS) is 13.2. The summed E-state index contributed by atoms with van der Waals surface area (Å²) < 4.78 is 10.6. The molecule has 0 radical (unpaired) electrons. The van der Waals surface area contributed by atoms with Crippen LogP contribution in [-0.4, -0.2) is 25.7 Å². The number of nitrogens with one attached hydrogen (secondary N) is 1. The molecule has 0 saturated carbocycles. The highest BCUT2D eigenvalue weighted by Gasteiger charge is 2.40. The van der Waals surface area contributed by atoms with Crippen LogP contribution in [0, 0.1) is 5.41 Å². The topological polar surface area (TPSA) is 47.6 Å². The van der Waals surface area contributed by atoms with Crippen molar-refractivity contribution in [2.24, 2.45) is 5.41 Å². The van der Waals surface area contributed by atoms with Crippen LogP contribution >= 0.6 is 0 Å². The van der Waals surface area contributed by atoms with E-state index in [0.29, 0.717) is 6.61 Å². The summed E-state index contributed by atoms with van der Waals surface area (Å²) in [5, 5.41) is 3.60. The summed E-state index contributed by atoms with van der Waals surface area (Å²) in [6.45, 7) is 10.1. The molecule has 0 aromatic heterocycles. The van der Waals surface area contributed by atoms with Crippen molar-refractivity contribution in [1.29, 1.82) is 0 Å². The number of ether oxygens (including phenoxy) is 2. The molecule has 4 heteroatoms. The van der Waals surface area contributed by atoms with Gasteiger partial charge in [-0.1, -0.05) is 36.4 Å². The highest BCUT2D eigenvalue weighted by Crippen LogP contribution is 2.41. The van der Waals surface area contributed by atoms with E-state index in [2.05, 4.69) is 24.0 Å². The quantitative estimate of drug-likeness (QED) is 0.385. The second kappa shape index (κ2) is 10.7. The standard InChI is InChI=1S/C25H33NO3/c1-6-11-21(26-20-14-16-22(28-5)17-15-20)18-23(19-12-9-8-10-13-19)25(3,4)24(27)29-7-2/h6,8-10,12-17,21,23,26H,1,7,11,18H2,2-5H3/t21-,23-/m0/s1. The van der Waals surface area contributed by atoms with Gasteiger partial charge in [0.05, 0.1) is 19.1 Å². The lowest BCUT2D eigenvalue weighted by molar-refractivity contribution is -0.155. The Labute approximate surface area is 174 Å². The molecule has 2 aromatic carbocycles. The zero-order valence-corrected chi connectivity index (χ0v) is 18.0. The highest BCUT2D eigenvalue weighted by atomic mass is 16.5. The van der Waals surface area contributed by atoms with Crippen LogP contribution in [0.1, 0.15) is 45.1 Å². The monoisotopic (exact) mass is 395 g/mol. The van der Waals surface area contributed by atoms with Gasteiger partial charge in [0.25, 0.3) is 0 Å². The fraction of sp³-hybridized carbons (Fsp3) is 0.400. The van der Waals surface area contributed by atoms with E-state index >= 15 is 0 Å². The summed E-state index contributed by atoms with van der Waals surface area (Å²) in [6, 6.07) is 18.2. The van der Waals surface area contributed by atoms with Gasteiger partial charge in [-0.3, -0.25) is 4.79 Å². The van der Waals surface area contributed by atoms with E-state index in [9.17, 15) is 4.79 Å². The number of rotatable bonds is 11. The van der Waals surface area contributed by atoms with Crippen molar-refractivity contribution in [1.82, 2.24) is 0 Å². The van der Waals surface area contributed by atoms with Gasteiger partial charge in [0.2, 0.25) is 0 Å². The summed E-state index contributed by atoms with van der Waals surface area (Å²) >= 11 is 0. The van der Waals surface area contributed by atoms with Crippen LogP contribution in [0.15, 0.2) is 67.3 Å². The smallest absolute Gasteiger partial charge is 0.312 e. The third-order valence-corrected chi connectivity index (χ3v) is 5.31. The first-order valence-electron chi connectivity index (χ1n) is 10.2. The molecule has 0 aliphatic carbocycles. The Bertz CT molecular complexity index is 768. The Morgan fingerprint density at radius 2 is 1.79 bits per heavy atom. The van der Waals surface area contributed by atoms with Gasteiger partial charge >= 0.3 is 5.97 Å². The molecule has 1 N–H and O–H groups in total. The fourth-order valence-corrected chi connectivity index (χ4v) is 3.61. The molecule has 2 rings (SSSR count). The van der Waals surface area contributed by atoms with Crippen LogP contribution < -0.4 is 10.1 Å². The molecule has 29 heavy (non-hydrogen) atoms. The van der Waals surface area contributed by atoms with E-state index in [1.54, 1.807) is 7.11 Å². The summed E-state index contributed by atoms with van der Waals surface area (Å²) in [7, 11) is 1.66. The number of hydrogen-bond donors (Lipinski definition) is 1.